The Labute approximate surface area is 144 Å². The van der Waals surface area contributed by atoms with E-state index in [9.17, 15) is 4.79 Å². The Morgan fingerprint density at radius 2 is 1.75 bits per heavy atom. The quantitative estimate of drug-likeness (QED) is 0.606. The summed E-state index contributed by atoms with van der Waals surface area (Å²) in [5.74, 6) is 1.32. The molecule has 0 radical (unpaired) electrons. The Morgan fingerprint density at radius 1 is 1.08 bits per heavy atom. The van der Waals surface area contributed by atoms with Crippen LogP contribution in [0.15, 0.2) is 54.6 Å². The van der Waals surface area contributed by atoms with Gasteiger partial charge in [-0.25, -0.2) is 0 Å². The van der Waals surface area contributed by atoms with Crippen LogP contribution in [0.2, 0.25) is 0 Å². The minimum atomic E-state index is -0.0438. The van der Waals surface area contributed by atoms with Crippen molar-refractivity contribution in [2.24, 2.45) is 5.92 Å². The van der Waals surface area contributed by atoms with Gasteiger partial charge in [0.1, 0.15) is 5.75 Å². The molecule has 1 N–H and O–H groups in total. The lowest BCUT2D eigenvalue weighted by Gasteiger charge is -2.11. The van der Waals surface area contributed by atoms with Crippen molar-refractivity contribution in [2.45, 2.75) is 20.3 Å². The molecule has 0 aromatic heterocycles. The fourth-order valence-electron chi connectivity index (χ4n) is 2.33. The van der Waals surface area contributed by atoms with Crippen LogP contribution < -0.4 is 10.1 Å². The molecule has 2 rings (SSSR count). The number of carbonyl (C=O) groups excluding carboxylic acids is 1. The van der Waals surface area contributed by atoms with Crippen LogP contribution in [0.3, 0.4) is 0 Å². The third-order valence-electron chi connectivity index (χ3n) is 3.76. The van der Waals surface area contributed by atoms with Crippen LogP contribution in [-0.2, 0) is 4.79 Å². The van der Waals surface area contributed by atoms with Gasteiger partial charge in [0.15, 0.2) is 0 Å². The molecule has 2 aromatic rings. The summed E-state index contributed by atoms with van der Waals surface area (Å²) < 4.78 is 5.18. The Morgan fingerprint density at radius 3 is 2.33 bits per heavy atom. The largest absolute Gasteiger partial charge is 0.497 e. The summed E-state index contributed by atoms with van der Waals surface area (Å²) >= 11 is 0. The van der Waals surface area contributed by atoms with Crippen molar-refractivity contribution in [1.82, 2.24) is 5.32 Å². The van der Waals surface area contributed by atoms with Crippen molar-refractivity contribution in [2.75, 3.05) is 13.7 Å². The van der Waals surface area contributed by atoms with Crippen LogP contribution in [0, 0.1) is 5.92 Å². The molecule has 0 saturated carbocycles. The Balaban J connectivity index is 2.25. The molecule has 1 amide bonds. The second-order valence-corrected chi connectivity index (χ2v) is 6.14. The molecule has 0 bridgehead atoms. The van der Waals surface area contributed by atoms with E-state index < -0.39 is 0 Å². The molecule has 24 heavy (non-hydrogen) atoms. The van der Waals surface area contributed by atoms with Gasteiger partial charge in [0.25, 0.3) is 5.91 Å². The zero-order valence-corrected chi connectivity index (χ0v) is 14.6. The Hall–Kier alpha value is -2.55. The maximum Gasteiger partial charge on any atom is 0.251 e. The van der Waals surface area contributed by atoms with Crippen LogP contribution in [0.5, 0.6) is 5.75 Å². The first-order valence-electron chi connectivity index (χ1n) is 8.29. The average Bonchev–Trinajstić information content (AvgIpc) is 2.60. The van der Waals surface area contributed by atoms with E-state index in [-0.39, 0.29) is 5.91 Å². The molecular weight excluding hydrogens is 298 g/mol. The minimum absolute atomic E-state index is 0.0438. The lowest BCUT2D eigenvalue weighted by atomic mass is 10.0. The second kappa shape index (κ2) is 8.92. The van der Waals surface area contributed by atoms with Crippen molar-refractivity contribution in [3.8, 4) is 5.75 Å². The van der Waals surface area contributed by atoms with Gasteiger partial charge in [-0.2, -0.15) is 0 Å². The van der Waals surface area contributed by atoms with E-state index in [1.165, 1.54) is 0 Å². The summed E-state index contributed by atoms with van der Waals surface area (Å²) in [6.45, 7) is 4.98. The summed E-state index contributed by atoms with van der Waals surface area (Å²) in [4.78, 5) is 12.6. The summed E-state index contributed by atoms with van der Waals surface area (Å²) in [7, 11) is 1.64. The second-order valence-electron chi connectivity index (χ2n) is 6.14. The molecule has 0 aliphatic heterocycles. The van der Waals surface area contributed by atoms with E-state index in [1.54, 1.807) is 7.11 Å². The van der Waals surface area contributed by atoms with Crippen LogP contribution >= 0.6 is 0 Å². The number of ether oxygens (including phenoxy) is 1. The highest BCUT2D eigenvalue weighted by Gasteiger charge is 2.12. The highest BCUT2D eigenvalue weighted by Crippen LogP contribution is 2.20. The normalized spacial score (nSPS) is 11.4. The van der Waals surface area contributed by atoms with E-state index >= 15 is 0 Å². The number of hydrogen-bond acceptors (Lipinski definition) is 2. The standard InChI is InChI=1S/C21H25NO2/c1-16(2)13-14-22-21(23)20(18-7-5-4-6-8-18)15-17-9-11-19(24-3)12-10-17/h4-12,15-16H,13-14H2,1-3H3,(H,22,23). The number of methoxy groups -OCH3 is 1. The van der Waals surface area contributed by atoms with Crippen LogP contribution in [0.1, 0.15) is 31.4 Å². The highest BCUT2D eigenvalue weighted by molar-refractivity contribution is 6.24. The molecule has 0 aliphatic carbocycles. The van der Waals surface area contributed by atoms with Crippen molar-refractivity contribution >= 4 is 17.6 Å². The van der Waals surface area contributed by atoms with E-state index in [1.807, 2.05) is 60.7 Å². The van der Waals surface area contributed by atoms with E-state index in [2.05, 4.69) is 19.2 Å². The van der Waals surface area contributed by atoms with Crippen LogP contribution in [0.4, 0.5) is 0 Å². The molecule has 0 heterocycles. The van der Waals surface area contributed by atoms with Crippen LogP contribution in [-0.4, -0.2) is 19.6 Å². The first kappa shape index (κ1) is 17.8. The van der Waals surface area contributed by atoms with Crippen LogP contribution in [0.25, 0.3) is 11.6 Å². The molecular formula is C21H25NO2. The Kier molecular flexibility index (Phi) is 6.62. The number of carbonyl (C=O) groups is 1. The molecule has 0 unspecified atom stereocenters. The SMILES string of the molecule is COc1ccc(C=C(C(=O)NCCC(C)C)c2ccccc2)cc1. The van der Waals surface area contributed by atoms with Gasteiger partial charge in [-0.15, -0.1) is 0 Å². The molecule has 126 valence electrons. The first-order chi connectivity index (χ1) is 11.6. The molecule has 3 nitrogen and oxygen atoms in total. The predicted octanol–water partition coefficient (Wildman–Crippen LogP) is 4.40. The molecule has 0 atom stereocenters. The van der Waals surface area contributed by atoms with E-state index in [4.69, 9.17) is 4.74 Å². The monoisotopic (exact) mass is 323 g/mol. The number of amides is 1. The Bertz CT molecular complexity index is 673. The zero-order valence-electron chi connectivity index (χ0n) is 14.6. The number of rotatable bonds is 7. The summed E-state index contributed by atoms with van der Waals surface area (Å²) in [5.41, 5.74) is 2.55. The van der Waals surface area contributed by atoms with Gasteiger partial charge < -0.3 is 10.1 Å². The van der Waals surface area contributed by atoms with Crippen molar-refractivity contribution in [3.63, 3.8) is 0 Å². The summed E-state index contributed by atoms with van der Waals surface area (Å²) in [5, 5.41) is 3.02. The minimum Gasteiger partial charge on any atom is -0.497 e. The molecule has 3 heteroatoms. The summed E-state index contributed by atoms with van der Waals surface area (Å²) in [6, 6.07) is 17.4. The van der Waals surface area contributed by atoms with Crippen molar-refractivity contribution < 1.29 is 9.53 Å². The van der Waals surface area contributed by atoms with Gasteiger partial charge in [-0.3, -0.25) is 4.79 Å². The zero-order chi connectivity index (χ0) is 17.4. The maximum absolute atomic E-state index is 12.6. The predicted molar refractivity (Wildman–Crippen MR) is 99.8 cm³/mol. The van der Waals surface area contributed by atoms with Gasteiger partial charge in [-0.1, -0.05) is 56.3 Å². The van der Waals surface area contributed by atoms with Crippen molar-refractivity contribution in [1.29, 1.82) is 0 Å². The topological polar surface area (TPSA) is 38.3 Å². The molecule has 0 fully saturated rings. The molecule has 0 spiro atoms. The third-order valence-corrected chi connectivity index (χ3v) is 3.76. The van der Waals surface area contributed by atoms with E-state index in [0.29, 0.717) is 18.0 Å². The van der Waals surface area contributed by atoms with E-state index in [0.717, 1.165) is 23.3 Å². The van der Waals surface area contributed by atoms with Gasteiger partial charge in [0, 0.05) is 12.1 Å². The maximum atomic E-state index is 12.6. The van der Waals surface area contributed by atoms with Gasteiger partial charge in [0.05, 0.1) is 7.11 Å². The number of nitrogens with one attached hydrogen (secondary N) is 1. The number of benzene rings is 2. The van der Waals surface area contributed by atoms with Gasteiger partial charge in [0.2, 0.25) is 0 Å². The van der Waals surface area contributed by atoms with Gasteiger partial charge >= 0.3 is 0 Å². The third kappa shape index (κ3) is 5.27. The van der Waals surface area contributed by atoms with Crippen molar-refractivity contribution in [3.05, 3.63) is 65.7 Å². The molecule has 2 aromatic carbocycles. The fourth-order valence-corrected chi connectivity index (χ4v) is 2.33. The van der Waals surface area contributed by atoms with Gasteiger partial charge in [-0.05, 0) is 41.7 Å². The average molecular weight is 323 g/mol. The molecule has 0 saturated heterocycles. The first-order valence-corrected chi connectivity index (χ1v) is 8.29. The summed E-state index contributed by atoms with van der Waals surface area (Å²) in [6.07, 6.45) is 2.88. The smallest absolute Gasteiger partial charge is 0.251 e. The lowest BCUT2D eigenvalue weighted by molar-refractivity contribution is -0.115. The molecule has 0 aliphatic rings. The highest BCUT2D eigenvalue weighted by atomic mass is 16.5. The number of hydrogen-bond donors (Lipinski definition) is 1. The fraction of sp³-hybridized carbons (Fsp3) is 0.286. The lowest BCUT2D eigenvalue weighted by Crippen LogP contribution is -2.26.